The van der Waals surface area contributed by atoms with E-state index in [0.717, 1.165) is 0 Å². The van der Waals surface area contributed by atoms with E-state index >= 15 is 0 Å². The third-order valence-corrected chi connectivity index (χ3v) is 3.23. The molecule has 1 aromatic carbocycles. The minimum absolute atomic E-state index is 0.0155. The molecular weight excluding hydrogens is 313 g/mol. The topological polar surface area (TPSA) is 81.9 Å². The van der Waals surface area contributed by atoms with Crippen LogP contribution in [0.25, 0.3) is 0 Å². The summed E-state index contributed by atoms with van der Waals surface area (Å²) in [6, 6.07) is 7.20. The molecule has 0 radical (unpaired) electrons. The first kappa shape index (κ1) is 15.6. The van der Waals surface area contributed by atoms with Gasteiger partial charge in [-0.15, -0.1) is 0 Å². The largest absolute Gasteiger partial charge is 0.421 e. The molecule has 2 heterocycles. The number of nitrogens with one attached hydrogen (secondary N) is 1. The standard InChI is InChI=1S/C16H14FN5O2/c1-11(22-8-4-7-20-22)15(23)21-12-9-18-16(19-10-12)24-14-6-3-2-5-13(14)17/h2-11H,1H3,(H,21,23). The molecule has 1 N–H and O–H groups in total. The highest BCUT2D eigenvalue weighted by Gasteiger charge is 2.15. The molecule has 122 valence electrons. The van der Waals surface area contributed by atoms with Crippen LogP contribution in [0.5, 0.6) is 11.8 Å². The summed E-state index contributed by atoms with van der Waals surface area (Å²) in [7, 11) is 0. The molecule has 2 aromatic heterocycles. The Labute approximate surface area is 137 Å². The Morgan fingerprint density at radius 1 is 1.25 bits per heavy atom. The summed E-state index contributed by atoms with van der Waals surface area (Å²) in [6.07, 6.45) is 6.07. The second kappa shape index (κ2) is 6.86. The first-order valence-electron chi connectivity index (χ1n) is 7.18. The van der Waals surface area contributed by atoms with Crippen LogP contribution < -0.4 is 10.1 Å². The van der Waals surface area contributed by atoms with E-state index in [9.17, 15) is 9.18 Å². The van der Waals surface area contributed by atoms with Gasteiger partial charge in [0.05, 0.1) is 18.1 Å². The lowest BCUT2D eigenvalue weighted by molar-refractivity contribution is -0.119. The molecule has 1 unspecified atom stereocenters. The van der Waals surface area contributed by atoms with Gasteiger partial charge in [-0.2, -0.15) is 5.10 Å². The van der Waals surface area contributed by atoms with Crippen LogP contribution >= 0.6 is 0 Å². The number of halogens is 1. The molecule has 0 saturated heterocycles. The maximum Gasteiger partial charge on any atom is 0.322 e. The van der Waals surface area contributed by atoms with E-state index in [0.29, 0.717) is 5.69 Å². The van der Waals surface area contributed by atoms with Crippen molar-refractivity contribution >= 4 is 11.6 Å². The van der Waals surface area contributed by atoms with Crippen molar-refractivity contribution in [2.75, 3.05) is 5.32 Å². The van der Waals surface area contributed by atoms with E-state index in [1.165, 1.54) is 29.2 Å². The van der Waals surface area contributed by atoms with E-state index in [2.05, 4.69) is 20.4 Å². The van der Waals surface area contributed by atoms with Gasteiger partial charge in [0.25, 0.3) is 0 Å². The van der Waals surface area contributed by atoms with E-state index in [1.807, 2.05) is 0 Å². The quantitative estimate of drug-likeness (QED) is 0.779. The van der Waals surface area contributed by atoms with Crippen molar-refractivity contribution in [3.05, 3.63) is 60.9 Å². The Bertz CT molecular complexity index is 821. The number of nitrogens with zero attached hydrogens (tertiary/aromatic N) is 4. The SMILES string of the molecule is CC(C(=O)Nc1cnc(Oc2ccccc2F)nc1)n1cccn1. The Morgan fingerprint density at radius 2 is 2.00 bits per heavy atom. The third-order valence-electron chi connectivity index (χ3n) is 3.23. The number of carbonyl (C=O) groups is 1. The molecule has 24 heavy (non-hydrogen) atoms. The molecule has 0 spiro atoms. The predicted molar refractivity (Wildman–Crippen MR) is 84.1 cm³/mol. The van der Waals surface area contributed by atoms with Crippen molar-refractivity contribution in [2.24, 2.45) is 0 Å². The number of benzene rings is 1. The normalized spacial score (nSPS) is 11.8. The lowest BCUT2D eigenvalue weighted by atomic mass is 10.3. The van der Waals surface area contributed by atoms with Gasteiger partial charge >= 0.3 is 6.01 Å². The molecule has 1 amide bonds. The Hall–Kier alpha value is -3.29. The zero-order valence-electron chi connectivity index (χ0n) is 12.8. The number of hydrogen-bond acceptors (Lipinski definition) is 5. The fourth-order valence-electron chi connectivity index (χ4n) is 1.94. The van der Waals surface area contributed by atoms with Gasteiger partial charge in [0.1, 0.15) is 6.04 Å². The second-order valence-corrected chi connectivity index (χ2v) is 4.94. The zero-order valence-corrected chi connectivity index (χ0v) is 12.8. The first-order valence-corrected chi connectivity index (χ1v) is 7.18. The molecule has 3 aromatic rings. The molecule has 0 bridgehead atoms. The number of carbonyl (C=O) groups excluding carboxylic acids is 1. The summed E-state index contributed by atoms with van der Waals surface area (Å²) in [5.41, 5.74) is 0.403. The number of para-hydroxylation sites is 1. The summed E-state index contributed by atoms with van der Waals surface area (Å²) in [6.45, 7) is 1.72. The van der Waals surface area contributed by atoms with E-state index in [4.69, 9.17) is 4.74 Å². The molecule has 0 fully saturated rings. The highest BCUT2D eigenvalue weighted by Crippen LogP contribution is 2.21. The van der Waals surface area contributed by atoms with Crippen LogP contribution in [-0.2, 0) is 4.79 Å². The predicted octanol–water partition coefficient (Wildman–Crippen LogP) is 2.80. The minimum atomic E-state index is -0.508. The van der Waals surface area contributed by atoms with Gasteiger partial charge in [0.15, 0.2) is 11.6 Å². The highest BCUT2D eigenvalue weighted by molar-refractivity contribution is 5.93. The first-order chi connectivity index (χ1) is 11.6. The number of aromatic nitrogens is 4. The van der Waals surface area contributed by atoms with Crippen LogP contribution in [0.15, 0.2) is 55.1 Å². The van der Waals surface area contributed by atoms with Crippen LogP contribution in [0.3, 0.4) is 0 Å². The maximum atomic E-state index is 13.5. The van der Waals surface area contributed by atoms with Crippen LogP contribution in [0.4, 0.5) is 10.1 Å². The summed E-state index contributed by atoms with van der Waals surface area (Å²) in [5.74, 6) is -0.738. The molecule has 0 aliphatic heterocycles. The molecule has 0 aliphatic carbocycles. The molecule has 3 rings (SSSR count). The summed E-state index contributed by atoms with van der Waals surface area (Å²) in [4.78, 5) is 20.0. The Morgan fingerprint density at radius 3 is 2.67 bits per heavy atom. The van der Waals surface area contributed by atoms with E-state index in [1.54, 1.807) is 37.5 Å². The molecule has 0 aliphatic rings. The van der Waals surface area contributed by atoms with Gasteiger partial charge in [0.2, 0.25) is 5.91 Å². The van der Waals surface area contributed by atoms with Crippen molar-refractivity contribution in [2.45, 2.75) is 13.0 Å². The van der Waals surface area contributed by atoms with Crippen molar-refractivity contribution in [3.8, 4) is 11.8 Å². The number of amides is 1. The van der Waals surface area contributed by atoms with Crippen LogP contribution in [0, 0.1) is 5.82 Å². The number of rotatable bonds is 5. The van der Waals surface area contributed by atoms with Gasteiger partial charge in [0, 0.05) is 12.4 Å². The molecule has 7 nitrogen and oxygen atoms in total. The Balaban J connectivity index is 1.64. The molecule has 1 atom stereocenters. The maximum absolute atomic E-state index is 13.5. The summed E-state index contributed by atoms with van der Waals surface area (Å²) < 4.78 is 20.3. The van der Waals surface area contributed by atoms with E-state index < -0.39 is 11.9 Å². The number of anilines is 1. The van der Waals surface area contributed by atoms with Crippen molar-refractivity contribution in [3.63, 3.8) is 0 Å². The third kappa shape index (κ3) is 3.54. The van der Waals surface area contributed by atoms with Gasteiger partial charge in [-0.05, 0) is 25.1 Å². The van der Waals surface area contributed by atoms with Gasteiger partial charge < -0.3 is 10.1 Å². The fourth-order valence-corrected chi connectivity index (χ4v) is 1.94. The van der Waals surface area contributed by atoms with Crippen molar-refractivity contribution in [1.29, 1.82) is 0 Å². The van der Waals surface area contributed by atoms with Crippen LogP contribution in [0.1, 0.15) is 13.0 Å². The van der Waals surface area contributed by atoms with Crippen LogP contribution in [0.2, 0.25) is 0 Å². The van der Waals surface area contributed by atoms with Gasteiger partial charge in [-0.3, -0.25) is 9.48 Å². The summed E-state index contributed by atoms with van der Waals surface area (Å²) >= 11 is 0. The molecule has 0 saturated carbocycles. The molecular formula is C16H14FN5O2. The Kier molecular flexibility index (Phi) is 4.46. The minimum Gasteiger partial charge on any atom is -0.421 e. The average Bonchev–Trinajstić information content (AvgIpc) is 3.12. The van der Waals surface area contributed by atoms with Gasteiger partial charge in [-0.1, -0.05) is 12.1 Å². The lowest BCUT2D eigenvalue weighted by Gasteiger charge is -2.12. The van der Waals surface area contributed by atoms with Gasteiger partial charge in [-0.25, -0.2) is 14.4 Å². The highest BCUT2D eigenvalue weighted by atomic mass is 19.1. The average molecular weight is 327 g/mol. The van der Waals surface area contributed by atoms with Crippen molar-refractivity contribution in [1.82, 2.24) is 19.7 Å². The lowest BCUT2D eigenvalue weighted by Crippen LogP contribution is -2.24. The van der Waals surface area contributed by atoms with E-state index in [-0.39, 0.29) is 17.7 Å². The molecule has 8 heteroatoms. The summed E-state index contributed by atoms with van der Waals surface area (Å²) in [5, 5.41) is 6.70. The zero-order chi connectivity index (χ0) is 16.9. The van der Waals surface area contributed by atoms with Crippen LogP contribution in [-0.4, -0.2) is 25.7 Å². The second-order valence-electron chi connectivity index (χ2n) is 4.94. The van der Waals surface area contributed by atoms with Crippen molar-refractivity contribution < 1.29 is 13.9 Å². The number of hydrogen-bond donors (Lipinski definition) is 1. The number of ether oxygens (including phenoxy) is 1. The fraction of sp³-hybridized carbons (Fsp3) is 0.125. The monoisotopic (exact) mass is 327 g/mol. The smallest absolute Gasteiger partial charge is 0.322 e.